The molecule has 2 aromatic heterocycles. The van der Waals surface area contributed by atoms with Crippen LogP contribution in [0.1, 0.15) is 93.0 Å². The van der Waals surface area contributed by atoms with Crippen molar-refractivity contribution in [3.8, 4) is 0 Å². The number of hydrogen-bond acceptors (Lipinski definition) is 8. The maximum absolute atomic E-state index is 14.7. The lowest BCUT2D eigenvalue weighted by molar-refractivity contribution is 0.0693. The average molecular weight is 681 g/mol. The Morgan fingerprint density at radius 2 is 1.00 bits per heavy atom. The van der Waals surface area contributed by atoms with Crippen molar-refractivity contribution in [3.63, 3.8) is 0 Å². The molecule has 3 aromatic carbocycles. The van der Waals surface area contributed by atoms with Gasteiger partial charge in [-0.1, -0.05) is 71.0 Å². The molecule has 0 bridgehead atoms. The number of aryl methyl sites for hydroxylation is 4. The molecule has 4 heterocycles. The van der Waals surface area contributed by atoms with Crippen molar-refractivity contribution in [2.24, 2.45) is 0 Å². The highest BCUT2D eigenvalue weighted by Crippen LogP contribution is 2.36. The highest BCUT2D eigenvalue weighted by Gasteiger charge is 2.41. The summed E-state index contributed by atoms with van der Waals surface area (Å²) in [5.41, 5.74) is 2.99. The van der Waals surface area contributed by atoms with Crippen LogP contribution in [0.2, 0.25) is 0 Å². The fourth-order valence-corrected chi connectivity index (χ4v) is 6.77. The molecule has 0 saturated carbocycles. The zero-order valence-corrected chi connectivity index (χ0v) is 27.5. The summed E-state index contributed by atoms with van der Waals surface area (Å²) < 4.78 is 40.4. The lowest BCUT2D eigenvalue weighted by Crippen LogP contribution is -2.32. The summed E-state index contributed by atoms with van der Waals surface area (Å²) in [6.07, 6.45) is 2.19. The smallest absolute Gasteiger partial charge is 0.254 e. The molecule has 0 N–H and O–H groups in total. The van der Waals surface area contributed by atoms with Crippen molar-refractivity contribution >= 4 is 11.8 Å². The lowest BCUT2D eigenvalue weighted by Gasteiger charge is -2.23. The van der Waals surface area contributed by atoms with Crippen molar-refractivity contribution in [1.29, 1.82) is 0 Å². The summed E-state index contributed by atoms with van der Waals surface area (Å²) in [6.45, 7) is -0.219. The number of halogens is 2. The second-order valence-corrected chi connectivity index (χ2v) is 13.0. The molecule has 7 rings (SSSR count). The molecule has 12 heteroatoms. The van der Waals surface area contributed by atoms with Gasteiger partial charge in [-0.25, -0.2) is 8.78 Å². The first-order valence-electron chi connectivity index (χ1n) is 17.1. The van der Waals surface area contributed by atoms with Gasteiger partial charge in [0.15, 0.2) is 11.6 Å². The van der Waals surface area contributed by atoms with Crippen molar-refractivity contribution < 1.29 is 27.4 Å². The van der Waals surface area contributed by atoms with Crippen LogP contribution in [0.4, 0.5) is 8.78 Å². The molecule has 0 unspecified atom stereocenters. The van der Waals surface area contributed by atoms with Crippen LogP contribution < -0.4 is 0 Å². The maximum Gasteiger partial charge on any atom is 0.254 e. The molecule has 2 saturated heterocycles. The van der Waals surface area contributed by atoms with E-state index < -0.39 is 36.2 Å². The number of rotatable bonds is 12. The molecular weight excluding hydrogens is 642 g/mol. The molecule has 2 aliphatic rings. The Kier molecular flexibility index (Phi) is 10.0. The summed E-state index contributed by atoms with van der Waals surface area (Å²) >= 11 is 0. The van der Waals surface area contributed by atoms with Gasteiger partial charge in [0, 0.05) is 36.8 Å². The van der Waals surface area contributed by atoms with Crippen molar-refractivity contribution in [3.05, 3.63) is 131 Å². The van der Waals surface area contributed by atoms with E-state index in [-0.39, 0.29) is 48.8 Å². The minimum atomic E-state index is -1.24. The van der Waals surface area contributed by atoms with Gasteiger partial charge in [-0.05, 0) is 61.1 Å². The van der Waals surface area contributed by atoms with Gasteiger partial charge >= 0.3 is 0 Å². The Morgan fingerprint density at radius 1 is 0.600 bits per heavy atom. The Bertz CT molecular complexity index is 1750. The SMILES string of the molecule is O=C(c1ccc(C(=O)N2C[C@H](F)C[C@H]2c2nc(CCCc3ccccc3)no2)cc1)N1C[C@H](F)C[C@H]1c1nc(CCCc2ccccc2)no1. The topological polar surface area (TPSA) is 118 Å². The third-order valence-electron chi connectivity index (χ3n) is 9.36. The van der Waals surface area contributed by atoms with Crippen LogP contribution in [0.5, 0.6) is 0 Å². The number of benzene rings is 3. The standard InChI is InChI=1S/C38H38F2N6O4/c39-29-21-31(35-41-33(43-49-35)15-7-13-25-9-3-1-4-10-25)45(23-29)37(47)27-17-19-28(20-18-27)38(48)46-24-30(40)22-32(46)36-42-34(44-50-36)16-8-14-26-11-5-2-6-12-26/h1-6,9-12,17-20,29-32H,7-8,13-16,21-24H2/t29-,30-,31+,32+/m1/s1. The number of carbonyl (C=O) groups excluding carboxylic acids is 2. The van der Waals surface area contributed by atoms with Gasteiger partial charge in [0.05, 0.1) is 13.1 Å². The van der Waals surface area contributed by atoms with E-state index in [2.05, 4.69) is 44.5 Å². The zero-order valence-electron chi connectivity index (χ0n) is 27.5. The van der Waals surface area contributed by atoms with Gasteiger partial charge < -0.3 is 18.8 Å². The summed E-state index contributed by atoms with van der Waals surface area (Å²) in [5, 5.41) is 8.16. The minimum Gasteiger partial charge on any atom is -0.337 e. The van der Waals surface area contributed by atoms with Crippen LogP contribution >= 0.6 is 0 Å². The normalized spacial score (nSPS) is 20.4. The summed E-state index contributed by atoms with van der Waals surface area (Å²) in [5.74, 6) is 0.633. The maximum atomic E-state index is 14.7. The fourth-order valence-electron chi connectivity index (χ4n) is 6.77. The largest absolute Gasteiger partial charge is 0.337 e. The molecule has 0 aliphatic carbocycles. The third-order valence-corrected chi connectivity index (χ3v) is 9.36. The molecule has 0 radical (unpaired) electrons. The fraction of sp³-hybridized carbons (Fsp3) is 0.368. The Balaban J connectivity index is 0.971. The Labute approximate surface area is 288 Å². The Morgan fingerprint density at radius 3 is 1.40 bits per heavy atom. The number of amides is 2. The van der Waals surface area contributed by atoms with E-state index in [0.29, 0.717) is 24.5 Å². The second-order valence-electron chi connectivity index (χ2n) is 13.0. The van der Waals surface area contributed by atoms with E-state index in [1.54, 1.807) is 0 Å². The zero-order chi connectivity index (χ0) is 34.5. The van der Waals surface area contributed by atoms with Crippen molar-refractivity contribution in [2.45, 2.75) is 75.8 Å². The van der Waals surface area contributed by atoms with Crippen LogP contribution in [0, 0.1) is 0 Å². The van der Waals surface area contributed by atoms with Crippen molar-refractivity contribution in [2.75, 3.05) is 13.1 Å². The minimum absolute atomic E-state index is 0.0547. The average Bonchev–Trinajstić information content (AvgIpc) is 3.96. The molecule has 10 nitrogen and oxygen atoms in total. The molecule has 2 fully saturated rings. The first-order chi connectivity index (χ1) is 24.4. The monoisotopic (exact) mass is 680 g/mol. The number of nitrogens with zero attached hydrogens (tertiary/aromatic N) is 6. The molecule has 2 aliphatic heterocycles. The first kappa shape index (κ1) is 33.2. The second kappa shape index (κ2) is 15.1. The highest BCUT2D eigenvalue weighted by molar-refractivity contribution is 5.98. The molecule has 0 spiro atoms. The van der Waals surface area contributed by atoms with Gasteiger partial charge in [-0.2, -0.15) is 9.97 Å². The van der Waals surface area contributed by atoms with Gasteiger partial charge in [0.1, 0.15) is 24.4 Å². The molecule has 258 valence electrons. The van der Waals surface area contributed by atoms with Gasteiger partial charge in [0.25, 0.3) is 11.8 Å². The van der Waals surface area contributed by atoms with Gasteiger partial charge in [-0.3, -0.25) is 9.59 Å². The van der Waals surface area contributed by atoms with Crippen molar-refractivity contribution in [1.82, 2.24) is 30.1 Å². The van der Waals surface area contributed by atoms with Crippen LogP contribution in [0.3, 0.4) is 0 Å². The molecular formula is C38H38F2N6O4. The van der Waals surface area contributed by atoms with Crippen LogP contribution in [-0.4, -0.2) is 67.3 Å². The van der Waals surface area contributed by atoms with Crippen LogP contribution in [0.25, 0.3) is 0 Å². The van der Waals surface area contributed by atoms with E-state index in [1.165, 1.54) is 45.2 Å². The molecule has 5 aromatic rings. The number of alkyl halides is 2. The van der Waals surface area contributed by atoms with Gasteiger partial charge in [0.2, 0.25) is 11.8 Å². The van der Waals surface area contributed by atoms with E-state index in [1.807, 2.05) is 36.4 Å². The van der Waals surface area contributed by atoms with E-state index in [4.69, 9.17) is 9.05 Å². The van der Waals surface area contributed by atoms with E-state index in [9.17, 15) is 18.4 Å². The Hall–Kier alpha value is -5.26. The lowest BCUT2D eigenvalue weighted by atomic mass is 10.1. The third kappa shape index (κ3) is 7.64. The predicted molar refractivity (Wildman–Crippen MR) is 179 cm³/mol. The summed E-state index contributed by atoms with van der Waals surface area (Å²) in [6, 6.07) is 24.9. The predicted octanol–water partition coefficient (Wildman–Crippen LogP) is 6.65. The number of carbonyl (C=O) groups is 2. The van der Waals surface area contributed by atoms with E-state index >= 15 is 0 Å². The molecule has 2 amide bonds. The van der Waals surface area contributed by atoms with Crippen LogP contribution in [0.15, 0.2) is 94.0 Å². The quantitative estimate of drug-likeness (QED) is 0.144. The van der Waals surface area contributed by atoms with Crippen LogP contribution in [-0.2, 0) is 25.7 Å². The van der Waals surface area contributed by atoms with E-state index in [0.717, 1.165) is 25.7 Å². The summed E-state index contributed by atoms with van der Waals surface area (Å²) in [7, 11) is 0. The molecule has 50 heavy (non-hydrogen) atoms. The number of likely N-dealkylation sites (tertiary alicyclic amines) is 2. The first-order valence-corrected chi connectivity index (χ1v) is 17.1. The highest BCUT2D eigenvalue weighted by atomic mass is 19.1. The number of aromatic nitrogens is 4. The van der Waals surface area contributed by atoms with Gasteiger partial charge in [-0.15, -0.1) is 0 Å². The number of hydrogen-bond donors (Lipinski definition) is 0. The molecule has 4 atom stereocenters. The summed E-state index contributed by atoms with van der Waals surface area (Å²) in [4.78, 5) is 39.0.